The molecule has 0 aromatic rings. The Morgan fingerprint density at radius 2 is 2.38 bits per heavy atom. The van der Waals surface area contributed by atoms with Gasteiger partial charge in [0.2, 0.25) is 0 Å². The fourth-order valence-corrected chi connectivity index (χ4v) is 5.30. The molecule has 1 aliphatic rings. The second-order valence-electron chi connectivity index (χ2n) is 2.07. The molecule has 1 fully saturated rings. The van der Waals surface area contributed by atoms with Crippen LogP contribution in [0.4, 0.5) is 0 Å². The third-order valence-corrected chi connectivity index (χ3v) is 8.94. The van der Waals surface area contributed by atoms with Gasteiger partial charge in [0.1, 0.15) is 0 Å². The summed E-state index contributed by atoms with van der Waals surface area (Å²) in [6, 6.07) is 0.313. The fraction of sp³-hybridized carbons (Fsp3) is 1.00. The fourth-order valence-electron chi connectivity index (χ4n) is 0.643. The van der Waals surface area contributed by atoms with E-state index in [9.17, 15) is 0 Å². The first-order chi connectivity index (χ1) is 3.69. The Hall–Kier alpha value is 1.34. The molecule has 1 saturated carbocycles. The monoisotopic (exact) mass is 407 g/mol. The second kappa shape index (κ2) is 2.52. The zero-order chi connectivity index (χ0) is 6.20. The molecule has 52 valence electrons. The van der Waals surface area contributed by atoms with Crippen molar-refractivity contribution in [2.24, 2.45) is 11.5 Å². The van der Waals surface area contributed by atoms with Crippen LogP contribution in [0.25, 0.3) is 0 Å². The van der Waals surface area contributed by atoms with Gasteiger partial charge in [0.25, 0.3) is 0 Å². The third-order valence-electron chi connectivity index (χ3n) is 1.53. The van der Waals surface area contributed by atoms with Crippen molar-refractivity contribution in [1.29, 1.82) is 0 Å². The number of nitrogens with two attached hydrogens (primary N) is 2. The number of hydrogen-bond donors (Lipinski definition) is 2. The van der Waals surface area contributed by atoms with Crippen LogP contribution >= 0.6 is 19.4 Å². The molecule has 4 N–H and O–H groups in total. The molecule has 4 heteroatoms. The van der Waals surface area contributed by atoms with Crippen LogP contribution in [-0.4, -0.2) is 9.97 Å². The quantitative estimate of drug-likeness (QED) is 0.611. The minimum atomic E-state index is 0.0978. The van der Waals surface area contributed by atoms with Crippen molar-refractivity contribution in [3.63, 3.8) is 0 Å². The Morgan fingerprint density at radius 3 is 2.38 bits per heavy atom. The number of halogens is 1. The van der Waals surface area contributed by atoms with Gasteiger partial charge < -0.3 is 0 Å². The van der Waals surface area contributed by atoms with Crippen LogP contribution in [0, 0.1) is 0 Å². The van der Waals surface area contributed by atoms with E-state index in [4.69, 9.17) is 11.5 Å². The predicted molar refractivity (Wildman–Crippen MR) is 38.1 cm³/mol. The van der Waals surface area contributed by atoms with Crippen molar-refractivity contribution >= 4 is 19.4 Å². The molecule has 0 radical (unpaired) electrons. The standard InChI is InChI=1S/C4H9N2.HI.Pt/c5-3-1-2-4(3)6;;/h3H,1-2,5-6H2;1H;/q;;+1/p-1/t3-;;/m1../s1. The van der Waals surface area contributed by atoms with Crippen molar-refractivity contribution in [1.82, 2.24) is 0 Å². The maximum atomic E-state index is 5.86. The Kier molecular flexibility index (Phi) is 2.35. The Labute approximate surface area is 68.1 Å². The topological polar surface area (TPSA) is 52.0 Å². The molecule has 0 aromatic carbocycles. The predicted octanol–water partition coefficient (Wildman–Crippen LogP) is 0.195. The summed E-state index contributed by atoms with van der Waals surface area (Å²) in [4.78, 5) is 0. The van der Waals surface area contributed by atoms with Crippen molar-refractivity contribution in [2.45, 2.75) is 22.8 Å². The summed E-state index contributed by atoms with van der Waals surface area (Å²) in [5.41, 5.74) is 11.5. The van der Waals surface area contributed by atoms with Crippen LogP contribution in [0.1, 0.15) is 12.8 Å². The minimum absolute atomic E-state index is 0.0978. The summed E-state index contributed by atoms with van der Waals surface area (Å²) in [5.74, 6) is 0. The van der Waals surface area contributed by atoms with E-state index in [1.165, 1.54) is 0 Å². The van der Waals surface area contributed by atoms with Gasteiger partial charge in [-0.3, -0.25) is 0 Å². The van der Waals surface area contributed by atoms with Crippen molar-refractivity contribution in [3.05, 3.63) is 0 Å². The molecule has 0 saturated heterocycles. The first-order valence-corrected chi connectivity index (χ1v) is 10.0. The van der Waals surface area contributed by atoms with Gasteiger partial charge >= 0.3 is 68.5 Å². The molecule has 0 aliphatic heterocycles. The third kappa shape index (κ3) is 1.10. The van der Waals surface area contributed by atoms with Gasteiger partial charge in [-0.1, -0.05) is 0 Å². The van der Waals surface area contributed by atoms with Gasteiger partial charge in [0.05, 0.1) is 0 Å². The molecule has 2 nitrogen and oxygen atoms in total. The van der Waals surface area contributed by atoms with E-state index in [0.717, 1.165) is 12.8 Å². The average molecular weight is 407 g/mol. The molecule has 0 spiro atoms. The van der Waals surface area contributed by atoms with E-state index >= 15 is 0 Å². The molecule has 1 aliphatic carbocycles. The molecule has 0 aromatic heterocycles. The van der Waals surface area contributed by atoms with Gasteiger partial charge in [-0.05, 0) is 0 Å². The molecule has 0 unspecified atom stereocenters. The van der Waals surface area contributed by atoms with Gasteiger partial charge in [0, 0.05) is 0 Å². The Bertz CT molecular complexity index is 96.0. The first kappa shape index (κ1) is 7.45. The summed E-state index contributed by atoms with van der Waals surface area (Å²) in [7, 11) is 0. The summed E-state index contributed by atoms with van der Waals surface area (Å²) in [5, 5.41) is 0. The summed E-state index contributed by atoms with van der Waals surface area (Å²) in [6.07, 6.45) is 2.30. The second-order valence-corrected chi connectivity index (χ2v) is 7.41. The summed E-state index contributed by atoms with van der Waals surface area (Å²) >= 11 is 2.52. The molecule has 8 heavy (non-hydrogen) atoms. The molecular formula is C4H9IN2Pt. The normalized spacial score (nSPS) is 46.6. The SMILES string of the molecule is N[C@@H]1CC[C@@]1(N)[Pt][I]. The summed E-state index contributed by atoms with van der Waals surface area (Å²) in [6.45, 7) is 0. The van der Waals surface area contributed by atoms with Crippen molar-refractivity contribution in [3.8, 4) is 0 Å². The zero-order valence-corrected chi connectivity index (χ0v) is 8.77. The van der Waals surface area contributed by atoms with E-state index in [2.05, 4.69) is 19.4 Å². The van der Waals surface area contributed by atoms with Crippen LogP contribution in [-0.2, 0) is 14.9 Å². The van der Waals surface area contributed by atoms with Gasteiger partial charge in [-0.25, -0.2) is 0 Å². The van der Waals surface area contributed by atoms with E-state index in [-0.39, 0.29) is 18.8 Å². The molecule has 1 rings (SSSR count). The number of hydrogen-bond acceptors (Lipinski definition) is 2. The Balaban J connectivity index is 2.42. The van der Waals surface area contributed by atoms with Crippen molar-refractivity contribution < 1.29 is 14.9 Å². The molecular weight excluding hydrogens is 398 g/mol. The van der Waals surface area contributed by atoms with Gasteiger partial charge in [0.15, 0.2) is 0 Å². The molecule has 0 bridgehead atoms. The van der Waals surface area contributed by atoms with Gasteiger partial charge in [-0.15, -0.1) is 0 Å². The Morgan fingerprint density at radius 1 is 1.75 bits per heavy atom. The van der Waals surface area contributed by atoms with E-state index in [1.807, 2.05) is 0 Å². The van der Waals surface area contributed by atoms with Crippen LogP contribution < -0.4 is 11.5 Å². The van der Waals surface area contributed by atoms with E-state index in [0.29, 0.717) is 6.04 Å². The van der Waals surface area contributed by atoms with E-state index < -0.39 is 0 Å². The van der Waals surface area contributed by atoms with Crippen molar-refractivity contribution in [2.75, 3.05) is 0 Å². The first-order valence-electron chi connectivity index (χ1n) is 2.45. The molecule has 2 atom stereocenters. The van der Waals surface area contributed by atoms with Crippen LogP contribution in [0.2, 0.25) is 0 Å². The van der Waals surface area contributed by atoms with E-state index in [1.54, 1.807) is 0 Å². The molecule has 0 heterocycles. The number of rotatable bonds is 1. The van der Waals surface area contributed by atoms with Crippen LogP contribution in [0.5, 0.6) is 0 Å². The van der Waals surface area contributed by atoms with Gasteiger partial charge in [-0.2, -0.15) is 0 Å². The zero-order valence-electron chi connectivity index (χ0n) is 4.34. The summed E-state index contributed by atoms with van der Waals surface area (Å²) < 4.78 is 0.0978. The average Bonchev–Trinajstić information content (AvgIpc) is 1.83. The van der Waals surface area contributed by atoms with Crippen LogP contribution in [0.3, 0.4) is 0 Å². The molecule has 0 amide bonds. The maximum absolute atomic E-state index is 5.86. The van der Waals surface area contributed by atoms with Crippen LogP contribution in [0.15, 0.2) is 0 Å².